The monoisotopic (exact) mass is 633 g/mol. The Morgan fingerprint density at radius 2 is 1.95 bits per heavy atom. The Hall–Kier alpha value is -3.69. The lowest BCUT2D eigenvalue weighted by atomic mass is 9.95. The highest BCUT2D eigenvalue weighted by Gasteiger charge is 2.35. The minimum atomic E-state index is -0.780. The van der Waals surface area contributed by atoms with Crippen LogP contribution in [0.4, 0.5) is 0 Å². The van der Waals surface area contributed by atoms with Crippen LogP contribution in [0.1, 0.15) is 49.2 Å². The highest BCUT2D eigenvalue weighted by molar-refractivity contribution is 9.10. The van der Waals surface area contributed by atoms with E-state index in [0.29, 0.717) is 38.5 Å². The predicted molar refractivity (Wildman–Crippen MR) is 167 cm³/mol. The van der Waals surface area contributed by atoms with Gasteiger partial charge in [-0.3, -0.25) is 9.36 Å². The molecule has 7 nitrogen and oxygen atoms in total. The van der Waals surface area contributed by atoms with Crippen LogP contribution < -0.4 is 19.6 Å². The zero-order chi connectivity index (χ0) is 29.6. The van der Waals surface area contributed by atoms with Crippen LogP contribution in [-0.2, 0) is 16.1 Å². The summed E-state index contributed by atoms with van der Waals surface area (Å²) in [5.41, 5.74) is 5.46. The molecule has 0 amide bonds. The Labute approximate surface area is 250 Å². The molecule has 212 valence electrons. The fourth-order valence-corrected chi connectivity index (χ4v) is 6.79. The molecule has 1 aliphatic rings. The molecule has 2 aromatic heterocycles. The van der Waals surface area contributed by atoms with Crippen LogP contribution in [0.25, 0.3) is 17.0 Å². The van der Waals surface area contributed by atoms with Gasteiger partial charge in [-0.1, -0.05) is 45.0 Å². The van der Waals surface area contributed by atoms with E-state index in [9.17, 15) is 9.59 Å². The van der Waals surface area contributed by atoms with Gasteiger partial charge in [0, 0.05) is 38.7 Å². The topological polar surface area (TPSA) is 74.8 Å². The summed E-state index contributed by atoms with van der Waals surface area (Å²) < 4.78 is 16.4. The maximum Gasteiger partial charge on any atom is 0.338 e. The third kappa shape index (κ3) is 5.13. The van der Waals surface area contributed by atoms with Crippen LogP contribution in [0.2, 0.25) is 0 Å². The highest BCUT2D eigenvalue weighted by Crippen LogP contribution is 2.38. The van der Waals surface area contributed by atoms with Crippen LogP contribution in [0, 0.1) is 13.8 Å². The number of aromatic nitrogens is 2. The van der Waals surface area contributed by atoms with Gasteiger partial charge in [-0.15, -0.1) is 6.58 Å². The summed E-state index contributed by atoms with van der Waals surface area (Å²) in [6.45, 7) is 14.3. The average Bonchev–Trinajstić information content (AvgIpc) is 3.36. The number of fused-ring (bicyclic) bond motifs is 2. The Bertz CT molecular complexity index is 1930. The van der Waals surface area contributed by atoms with E-state index in [4.69, 9.17) is 14.5 Å². The van der Waals surface area contributed by atoms with Crippen molar-refractivity contribution in [2.45, 2.75) is 53.3 Å². The number of aryl methyl sites for hydroxylation is 1. The molecule has 4 aromatic rings. The molecule has 0 radical (unpaired) electrons. The highest BCUT2D eigenvalue weighted by atomic mass is 79.9. The maximum absolute atomic E-state index is 14.3. The van der Waals surface area contributed by atoms with E-state index in [1.165, 1.54) is 18.4 Å². The molecule has 5 rings (SSSR count). The van der Waals surface area contributed by atoms with Crippen molar-refractivity contribution in [3.63, 3.8) is 0 Å². The molecule has 0 aliphatic carbocycles. The van der Waals surface area contributed by atoms with E-state index in [-0.39, 0.29) is 11.7 Å². The molecule has 0 saturated heterocycles. The minimum Gasteiger partial charge on any atom is -0.491 e. The summed E-state index contributed by atoms with van der Waals surface area (Å²) >= 11 is 4.87. The predicted octanol–water partition coefficient (Wildman–Crippen LogP) is 5.72. The van der Waals surface area contributed by atoms with Crippen molar-refractivity contribution in [3.8, 4) is 5.75 Å². The normalized spacial score (nSPS) is 15.3. The van der Waals surface area contributed by atoms with Crippen LogP contribution in [-0.4, -0.2) is 28.3 Å². The van der Waals surface area contributed by atoms with Crippen molar-refractivity contribution in [2.75, 3.05) is 7.11 Å². The van der Waals surface area contributed by atoms with Gasteiger partial charge >= 0.3 is 5.97 Å². The number of carbonyl (C=O) groups is 1. The summed E-state index contributed by atoms with van der Waals surface area (Å²) in [6.07, 6.45) is 3.70. The minimum absolute atomic E-state index is 0.114. The molecular formula is C32H32BrN3O4S. The third-order valence-corrected chi connectivity index (χ3v) is 8.65. The van der Waals surface area contributed by atoms with Gasteiger partial charge in [0.05, 0.1) is 29.0 Å². The van der Waals surface area contributed by atoms with Crippen LogP contribution in [0.15, 0.2) is 74.6 Å². The number of halogens is 1. The van der Waals surface area contributed by atoms with E-state index in [2.05, 4.69) is 59.1 Å². The molecule has 0 N–H and O–H groups in total. The van der Waals surface area contributed by atoms with Gasteiger partial charge in [0.25, 0.3) is 5.56 Å². The number of hydrogen-bond donors (Lipinski definition) is 0. The zero-order valence-corrected chi connectivity index (χ0v) is 26.4. The Morgan fingerprint density at radius 3 is 2.63 bits per heavy atom. The number of methoxy groups -OCH3 is 1. The lowest BCUT2D eigenvalue weighted by Gasteiger charge is -2.26. The number of nitrogens with zero attached hydrogens (tertiary/aromatic N) is 3. The standard InChI is InChI=1S/C32H32BrN3O4S/c1-8-13-35-20(6)22(23-14-18(4)9-11-25(23)35)16-27-30(37)36-29(24-15-21(33)10-12-26(24)40-17(2)3)28(31(38)39-7)19(5)34-32(36)41-27/h8-12,14-17,29H,1,13H2,2-7H3/b27-16-/t29-/m1/s1. The van der Waals surface area contributed by atoms with Gasteiger partial charge < -0.3 is 14.0 Å². The first kappa shape index (κ1) is 28.8. The van der Waals surface area contributed by atoms with Crippen molar-refractivity contribution < 1.29 is 14.3 Å². The van der Waals surface area contributed by atoms with E-state index < -0.39 is 12.0 Å². The second-order valence-corrected chi connectivity index (χ2v) is 12.3. The molecule has 1 aliphatic heterocycles. The number of rotatable bonds is 7. The van der Waals surface area contributed by atoms with Crippen LogP contribution in [0.5, 0.6) is 5.75 Å². The van der Waals surface area contributed by atoms with E-state index in [1.807, 2.05) is 44.2 Å². The smallest absolute Gasteiger partial charge is 0.338 e. The van der Waals surface area contributed by atoms with Gasteiger partial charge in [0.15, 0.2) is 4.80 Å². The fraction of sp³-hybridized carbons (Fsp3) is 0.281. The first-order valence-corrected chi connectivity index (χ1v) is 14.9. The average molecular weight is 635 g/mol. The first-order valence-electron chi connectivity index (χ1n) is 13.3. The van der Waals surface area contributed by atoms with E-state index >= 15 is 0 Å². The number of benzene rings is 2. The molecule has 0 unspecified atom stereocenters. The summed E-state index contributed by atoms with van der Waals surface area (Å²) in [6, 6.07) is 11.2. The van der Waals surface area contributed by atoms with E-state index in [1.54, 1.807) is 11.5 Å². The Balaban J connectivity index is 1.82. The number of carbonyl (C=O) groups excluding carboxylic acids is 1. The van der Waals surface area contributed by atoms with Gasteiger partial charge in [0.2, 0.25) is 0 Å². The number of thiazole rings is 1. The first-order chi connectivity index (χ1) is 19.5. The molecule has 0 spiro atoms. The number of ether oxygens (including phenoxy) is 2. The van der Waals surface area contributed by atoms with Gasteiger partial charge in [0.1, 0.15) is 11.8 Å². The fourth-order valence-electron chi connectivity index (χ4n) is 5.38. The molecule has 3 heterocycles. The second-order valence-electron chi connectivity index (χ2n) is 10.3. The lowest BCUT2D eigenvalue weighted by Crippen LogP contribution is -2.40. The quantitative estimate of drug-likeness (QED) is 0.193. The third-order valence-electron chi connectivity index (χ3n) is 7.17. The summed E-state index contributed by atoms with van der Waals surface area (Å²) in [5.74, 6) is 0.0394. The molecule has 2 aromatic carbocycles. The molecule has 41 heavy (non-hydrogen) atoms. The SMILES string of the molecule is C=CCn1c(C)c(/C=c2\sc3n(c2=O)[C@H](c2cc(Br)ccc2OC(C)C)C(C(=O)OC)=C(C)N=3)c2cc(C)ccc21. The van der Waals surface area contributed by atoms with Crippen molar-refractivity contribution in [2.24, 2.45) is 4.99 Å². The van der Waals surface area contributed by atoms with Crippen LogP contribution in [0.3, 0.4) is 0 Å². The molecule has 0 bridgehead atoms. The summed E-state index contributed by atoms with van der Waals surface area (Å²) in [5, 5.41) is 1.07. The Kier molecular flexibility index (Phi) is 7.94. The Morgan fingerprint density at radius 1 is 1.20 bits per heavy atom. The van der Waals surface area contributed by atoms with Gasteiger partial charge in [-0.2, -0.15) is 0 Å². The van der Waals surface area contributed by atoms with Crippen LogP contribution >= 0.6 is 27.3 Å². The van der Waals surface area contributed by atoms with E-state index in [0.717, 1.165) is 32.2 Å². The molecule has 9 heteroatoms. The molecular weight excluding hydrogens is 602 g/mol. The van der Waals surface area contributed by atoms with Crippen molar-refractivity contribution in [1.29, 1.82) is 0 Å². The number of hydrogen-bond acceptors (Lipinski definition) is 6. The molecule has 0 saturated carbocycles. The number of allylic oxidation sites excluding steroid dienone is 2. The largest absolute Gasteiger partial charge is 0.491 e. The second kappa shape index (κ2) is 11.3. The molecule has 1 atom stereocenters. The van der Waals surface area contributed by atoms with Crippen molar-refractivity contribution >= 4 is 50.2 Å². The number of esters is 1. The van der Waals surface area contributed by atoms with Gasteiger partial charge in [-0.05, 0) is 71.0 Å². The van der Waals surface area contributed by atoms with Crippen molar-refractivity contribution in [1.82, 2.24) is 9.13 Å². The zero-order valence-electron chi connectivity index (χ0n) is 23.9. The lowest BCUT2D eigenvalue weighted by molar-refractivity contribution is -0.136. The maximum atomic E-state index is 14.3. The summed E-state index contributed by atoms with van der Waals surface area (Å²) in [7, 11) is 1.33. The van der Waals surface area contributed by atoms with Gasteiger partial charge in [-0.25, -0.2) is 9.79 Å². The molecule has 0 fully saturated rings. The summed E-state index contributed by atoms with van der Waals surface area (Å²) in [4.78, 5) is 32.6. The van der Waals surface area contributed by atoms with Crippen molar-refractivity contribution in [3.05, 3.63) is 107 Å².